The van der Waals surface area contributed by atoms with Crippen LogP contribution >= 0.6 is 0 Å². The van der Waals surface area contributed by atoms with E-state index in [0.717, 1.165) is 51.6 Å². The fraction of sp³-hybridized carbons (Fsp3) is 0.588. The van der Waals surface area contributed by atoms with Crippen molar-refractivity contribution in [1.29, 1.82) is 0 Å². The zero-order chi connectivity index (χ0) is 14.6. The standard InChI is InChI=1S/C17H28N2O/c1-2-15-8-10-16(11-9-15)12-14-19-17(20)7-5-3-4-6-13-18/h8-11H,2-7,12-14,18H2,1H3,(H,19,20). The van der Waals surface area contributed by atoms with E-state index in [1.54, 1.807) is 0 Å². The fourth-order valence-corrected chi connectivity index (χ4v) is 2.16. The Labute approximate surface area is 122 Å². The van der Waals surface area contributed by atoms with Gasteiger partial charge in [0.25, 0.3) is 0 Å². The molecule has 1 aromatic rings. The molecule has 0 spiro atoms. The predicted octanol–water partition coefficient (Wildman–Crippen LogP) is 2.82. The topological polar surface area (TPSA) is 55.1 Å². The van der Waals surface area contributed by atoms with Gasteiger partial charge in [-0.3, -0.25) is 4.79 Å². The number of carbonyl (C=O) groups excluding carboxylic acids is 1. The van der Waals surface area contributed by atoms with Crippen LogP contribution in [0.4, 0.5) is 0 Å². The molecule has 1 amide bonds. The summed E-state index contributed by atoms with van der Waals surface area (Å²) in [5, 5.41) is 2.99. The molecule has 0 aliphatic rings. The van der Waals surface area contributed by atoms with Crippen LogP contribution in [0.3, 0.4) is 0 Å². The molecule has 0 saturated carbocycles. The molecular formula is C17H28N2O. The Morgan fingerprint density at radius 1 is 1.05 bits per heavy atom. The summed E-state index contributed by atoms with van der Waals surface area (Å²) in [5.41, 5.74) is 8.07. The molecule has 1 rings (SSSR count). The maximum absolute atomic E-state index is 11.6. The normalized spacial score (nSPS) is 10.5. The molecule has 1 aromatic carbocycles. The number of unbranched alkanes of at least 4 members (excludes halogenated alkanes) is 3. The molecule has 3 nitrogen and oxygen atoms in total. The van der Waals surface area contributed by atoms with Crippen LogP contribution in [0, 0.1) is 0 Å². The van der Waals surface area contributed by atoms with Crippen LogP contribution in [0.5, 0.6) is 0 Å². The number of nitrogens with one attached hydrogen (secondary N) is 1. The summed E-state index contributed by atoms with van der Waals surface area (Å²) < 4.78 is 0. The number of aryl methyl sites for hydroxylation is 1. The number of benzene rings is 1. The third kappa shape index (κ3) is 7.29. The fourth-order valence-electron chi connectivity index (χ4n) is 2.16. The highest BCUT2D eigenvalue weighted by molar-refractivity contribution is 5.75. The Morgan fingerprint density at radius 2 is 1.70 bits per heavy atom. The van der Waals surface area contributed by atoms with E-state index in [9.17, 15) is 4.79 Å². The van der Waals surface area contributed by atoms with Crippen LogP contribution in [0.1, 0.15) is 50.2 Å². The highest BCUT2D eigenvalue weighted by Gasteiger charge is 2.01. The van der Waals surface area contributed by atoms with E-state index in [-0.39, 0.29) is 5.91 Å². The van der Waals surface area contributed by atoms with E-state index in [1.165, 1.54) is 11.1 Å². The van der Waals surface area contributed by atoms with Crippen molar-refractivity contribution in [2.75, 3.05) is 13.1 Å². The molecule has 0 bridgehead atoms. The van der Waals surface area contributed by atoms with Gasteiger partial charge in [-0.2, -0.15) is 0 Å². The first-order valence-electron chi connectivity index (χ1n) is 7.81. The molecule has 0 fully saturated rings. The molecule has 0 radical (unpaired) electrons. The molecule has 0 atom stereocenters. The Balaban J connectivity index is 2.08. The monoisotopic (exact) mass is 276 g/mol. The average Bonchev–Trinajstić information content (AvgIpc) is 2.48. The summed E-state index contributed by atoms with van der Waals surface area (Å²) in [6.45, 7) is 3.64. The molecule has 0 aromatic heterocycles. The lowest BCUT2D eigenvalue weighted by Gasteiger charge is -2.06. The zero-order valence-electron chi connectivity index (χ0n) is 12.7. The lowest BCUT2D eigenvalue weighted by Crippen LogP contribution is -2.25. The van der Waals surface area contributed by atoms with Gasteiger partial charge in [0, 0.05) is 13.0 Å². The van der Waals surface area contributed by atoms with Gasteiger partial charge in [-0.25, -0.2) is 0 Å². The van der Waals surface area contributed by atoms with Crippen molar-refractivity contribution in [2.45, 2.75) is 51.9 Å². The number of hydrogen-bond donors (Lipinski definition) is 2. The molecule has 3 heteroatoms. The van der Waals surface area contributed by atoms with Crippen LogP contribution in [-0.4, -0.2) is 19.0 Å². The van der Waals surface area contributed by atoms with Gasteiger partial charge >= 0.3 is 0 Å². The van der Waals surface area contributed by atoms with Gasteiger partial charge in [0.05, 0.1) is 0 Å². The number of rotatable bonds is 10. The number of hydrogen-bond acceptors (Lipinski definition) is 2. The molecule has 20 heavy (non-hydrogen) atoms. The first-order chi connectivity index (χ1) is 9.76. The highest BCUT2D eigenvalue weighted by Crippen LogP contribution is 2.05. The third-order valence-corrected chi connectivity index (χ3v) is 3.53. The second-order valence-electron chi connectivity index (χ2n) is 5.22. The van der Waals surface area contributed by atoms with E-state index in [4.69, 9.17) is 5.73 Å². The summed E-state index contributed by atoms with van der Waals surface area (Å²) in [7, 11) is 0. The molecular weight excluding hydrogens is 248 g/mol. The minimum absolute atomic E-state index is 0.169. The van der Waals surface area contributed by atoms with Crippen molar-refractivity contribution in [1.82, 2.24) is 5.32 Å². The van der Waals surface area contributed by atoms with E-state index >= 15 is 0 Å². The largest absolute Gasteiger partial charge is 0.356 e. The minimum Gasteiger partial charge on any atom is -0.356 e. The van der Waals surface area contributed by atoms with E-state index in [2.05, 4.69) is 36.5 Å². The van der Waals surface area contributed by atoms with Gasteiger partial charge in [0.2, 0.25) is 5.91 Å². The summed E-state index contributed by atoms with van der Waals surface area (Å²) in [6, 6.07) is 8.62. The Morgan fingerprint density at radius 3 is 2.35 bits per heavy atom. The van der Waals surface area contributed by atoms with Crippen LogP contribution in [0.25, 0.3) is 0 Å². The average molecular weight is 276 g/mol. The summed E-state index contributed by atoms with van der Waals surface area (Å²) in [5.74, 6) is 0.169. The lowest BCUT2D eigenvalue weighted by molar-refractivity contribution is -0.121. The number of carbonyl (C=O) groups is 1. The van der Waals surface area contributed by atoms with Gasteiger partial charge in [0.15, 0.2) is 0 Å². The van der Waals surface area contributed by atoms with Crippen molar-refractivity contribution in [2.24, 2.45) is 5.73 Å². The van der Waals surface area contributed by atoms with E-state index in [0.29, 0.717) is 6.42 Å². The molecule has 0 heterocycles. The SMILES string of the molecule is CCc1ccc(CCNC(=O)CCCCCCN)cc1. The zero-order valence-corrected chi connectivity index (χ0v) is 12.7. The quantitative estimate of drug-likeness (QED) is 0.646. The van der Waals surface area contributed by atoms with Crippen LogP contribution in [0.15, 0.2) is 24.3 Å². The predicted molar refractivity (Wildman–Crippen MR) is 84.7 cm³/mol. The Kier molecular flexibility index (Phi) is 8.72. The smallest absolute Gasteiger partial charge is 0.220 e. The first-order valence-corrected chi connectivity index (χ1v) is 7.81. The third-order valence-electron chi connectivity index (χ3n) is 3.53. The van der Waals surface area contributed by atoms with Gasteiger partial charge in [0.1, 0.15) is 0 Å². The van der Waals surface area contributed by atoms with Gasteiger partial charge in [-0.1, -0.05) is 44.0 Å². The minimum atomic E-state index is 0.169. The lowest BCUT2D eigenvalue weighted by atomic mass is 10.1. The van der Waals surface area contributed by atoms with Crippen molar-refractivity contribution in [3.8, 4) is 0 Å². The van der Waals surface area contributed by atoms with Crippen molar-refractivity contribution in [3.05, 3.63) is 35.4 Å². The molecule has 0 saturated heterocycles. The van der Waals surface area contributed by atoms with Crippen molar-refractivity contribution < 1.29 is 4.79 Å². The molecule has 0 aliphatic heterocycles. The molecule has 3 N–H and O–H groups in total. The second kappa shape index (κ2) is 10.4. The molecule has 112 valence electrons. The summed E-state index contributed by atoms with van der Waals surface area (Å²) in [4.78, 5) is 11.6. The summed E-state index contributed by atoms with van der Waals surface area (Å²) in [6.07, 6.45) is 6.88. The van der Waals surface area contributed by atoms with Crippen LogP contribution in [0.2, 0.25) is 0 Å². The van der Waals surface area contributed by atoms with Gasteiger partial charge in [-0.15, -0.1) is 0 Å². The molecule has 0 unspecified atom stereocenters. The summed E-state index contributed by atoms with van der Waals surface area (Å²) >= 11 is 0. The van der Waals surface area contributed by atoms with Crippen molar-refractivity contribution in [3.63, 3.8) is 0 Å². The Bertz CT molecular complexity index is 373. The first kappa shape index (κ1) is 16.7. The second-order valence-corrected chi connectivity index (χ2v) is 5.22. The van der Waals surface area contributed by atoms with Crippen molar-refractivity contribution >= 4 is 5.91 Å². The molecule has 0 aliphatic carbocycles. The number of amides is 1. The van der Waals surface area contributed by atoms with E-state index in [1.807, 2.05) is 0 Å². The van der Waals surface area contributed by atoms with E-state index < -0.39 is 0 Å². The van der Waals surface area contributed by atoms with Gasteiger partial charge in [-0.05, 0) is 43.4 Å². The maximum atomic E-state index is 11.6. The maximum Gasteiger partial charge on any atom is 0.220 e. The van der Waals surface area contributed by atoms with Crippen LogP contribution < -0.4 is 11.1 Å². The van der Waals surface area contributed by atoms with Gasteiger partial charge < -0.3 is 11.1 Å². The number of nitrogens with two attached hydrogens (primary N) is 1. The highest BCUT2D eigenvalue weighted by atomic mass is 16.1. The Hall–Kier alpha value is -1.35. The van der Waals surface area contributed by atoms with Crippen LogP contribution in [-0.2, 0) is 17.6 Å².